The average Bonchev–Trinajstić information content (AvgIpc) is 3.04. The van der Waals surface area contributed by atoms with Crippen LogP contribution in [0.5, 0.6) is 17.2 Å². The van der Waals surface area contributed by atoms with Crippen molar-refractivity contribution in [3.63, 3.8) is 0 Å². The summed E-state index contributed by atoms with van der Waals surface area (Å²) in [7, 11) is 1.56. The number of aromatic nitrogens is 1. The minimum Gasteiger partial charge on any atom is -0.497 e. The number of amides is 2. The number of hydrogen-bond acceptors (Lipinski definition) is 9. The van der Waals surface area contributed by atoms with Gasteiger partial charge in [0.25, 0.3) is 5.91 Å². The van der Waals surface area contributed by atoms with Gasteiger partial charge in [-0.1, -0.05) is 24.3 Å². The summed E-state index contributed by atoms with van der Waals surface area (Å²) < 4.78 is 22.6. The monoisotopic (exact) mass is 627 g/mol. The number of methoxy groups -OCH3 is 1. The average molecular weight is 628 g/mol. The van der Waals surface area contributed by atoms with E-state index in [1.807, 2.05) is 45.0 Å². The predicted molar refractivity (Wildman–Crippen MR) is 179 cm³/mol. The summed E-state index contributed by atoms with van der Waals surface area (Å²) >= 11 is 0. The van der Waals surface area contributed by atoms with Crippen molar-refractivity contribution >= 4 is 40.0 Å². The highest BCUT2D eigenvalue weighted by molar-refractivity contribution is 6.03. The van der Waals surface area contributed by atoms with Crippen LogP contribution in [-0.4, -0.2) is 74.0 Å². The Morgan fingerprint density at radius 1 is 0.957 bits per heavy atom. The van der Waals surface area contributed by atoms with E-state index in [1.165, 1.54) is 0 Å². The first-order valence-corrected chi connectivity index (χ1v) is 15.4. The summed E-state index contributed by atoms with van der Waals surface area (Å²) in [6.45, 7) is 10.3. The smallest absolute Gasteiger partial charge is 0.412 e. The molecule has 5 rings (SSSR count). The van der Waals surface area contributed by atoms with E-state index in [0.29, 0.717) is 46.5 Å². The normalized spacial score (nSPS) is 13.6. The molecule has 2 heterocycles. The molecule has 46 heavy (non-hydrogen) atoms. The van der Waals surface area contributed by atoms with Gasteiger partial charge >= 0.3 is 6.09 Å². The second-order valence-electron chi connectivity index (χ2n) is 11.9. The van der Waals surface area contributed by atoms with Crippen LogP contribution >= 0.6 is 0 Å². The van der Waals surface area contributed by atoms with Crippen molar-refractivity contribution in [2.45, 2.75) is 32.8 Å². The van der Waals surface area contributed by atoms with Crippen LogP contribution in [0.1, 0.15) is 37.6 Å². The van der Waals surface area contributed by atoms with Gasteiger partial charge in [0.2, 0.25) is 0 Å². The summed E-state index contributed by atoms with van der Waals surface area (Å²) in [5.74, 6) is 2.05. The maximum atomic E-state index is 13.0. The van der Waals surface area contributed by atoms with Gasteiger partial charge < -0.3 is 29.6 Å². The van der Waals surface area contributed by atoms with Crippen molar-refractivity contribution < 1.29 is 28.5 Å². The van der Waals surface area contributed by atoms with Crippen LogP contribution in [0.25, 0.3) is 10.8 Å². The number of rotatable bonds is 11. The molecular weight excluding hydrogens is 586 g/mol. The lowest BCUT2D eigenvalue weighted by atomic mass is 10.1. The molecule has 11 heteroatoms. The zero-order chi connectivity index (χ0) is 32.5. The van der Waals surface area contributed by atoms with Crippen LogP contribution in [0.15, 0.2) is 72.9 Å². The summed E-state index contributed by atoms with van der Waals surface area (Å²) in [4.78, 5) is 32.2. The van der Waals surface area contributed by atoms with Gasteiger partial charge in [-0.3, -0.25) is 15.0 Å². The van der Waals surface area contributed by atoms with Crippen molar-refractivity contribution in [1.29, 1.82) is 0 Å². The van der Waals surface area contributed by atoms with Gasteiger partial charge in [0.15, 0.2) is 0 Å². The molecule has 0 radical (unpaired) electrons. The molecule has 4 aromatic rings. The number of morpholine rings is 1. The lowest BCUT2D eigenvalue weighted by molar-refractivity contribution is 0.0374. The first-order chi connectivity index (χ1) is 22.2. The molecule has 2 amide bonds. The van der Waals surface area contributed by atoms with Crippen molar-refractivity contribution in [3.8, 4) is 17.2 Å². The number of hydrogen-bond donors (Lipinski definition) is 3. The SMILES string of the molecule is COc1cc(Nc2cc(Oc3ccc(NC(=O)OC(C)(C)C)c4ccccc34)ccn2)cc(C(=O)NCCCN2CCOCC2)c1. The minimum absolute atomic E-state index is 0.176. The van der Waals surface area contributed by atoms with Gasteiger partial charge in [-0.15, -0.1) is 0 Å². The highest BCUT2D eigenvalue weighted by Crippen LogP contribution is 2.35. The van der Waals surface area contributed by atoms with E-state index in [0.717, 1.165) is 50.0 Å². The van der Waals surface area contributed by atoms with Crippen LogP contribution < -0.4 is 25.4 Å². The Morgan fingerprint density at radius 2 is 1.74 bits per heavy atom. The van der Waals surface area contributed by atoms with Gasteiger partial charge in [0, 0.05) is 60.0 Å². The first kappa shape index (κ1) is 32.5. The molecule has 242 valence electrons. The molecule has 0 bridgehead atoms. The Bertz CT molecular complexity index is 1670. The van der Waals surface area contributed by atoms with Crippen LogP contribution in [0.4, 0.5) is 22.0 Å². The molecular formula is C35H41N5O6. The molecule has 0 atom stereocenters. The van der Waals surface area contributed by atoms with E-state index in [9.17, 15) is 9.59 Å². The number of pyridine rings is 1. The molecule has 1 aliphatic rings. The van der Waals surface area contributed by atoms with Crippen LogP contribution in [0.3, 0.4) is 0 Å². The third-order valence-corrected chi connectivity index (χ3v) is 7.20. The lowest BCUT2D eigenvalue weighted by Gasteiger charge is -2.26. The predicted octanol–water partition coefficient (Wildman–Crippen LogP) is 6.58. The molecule has 0 spiro atoms. The molecule has 3 N–H and O–H groups in total. The van der Waals surface area contributed by atoms with E-state index in [2.05, 4.69) is 25.8 Å². The Kier molecular flexibility index (Phi) is 10.6. The molecule has 0 unspecified atom stereocenters. The Morgan fingerprint density at radius 3 is 2.50 bits per heavy atom. The van der Waals surface area contributed by atoms with E-state index in [4.69, 9.17) is 18.9 Å². The topological polar surface area (TPSA) is 123 Å². The van der Waals surface area contributed by atoms with E-state index >= 15 is 0 Å². The van der Waals surface area contributed by atoms with Crippen molar-refractivity contribution in [3.05, 3.63) is 78.5 Å². The number of ether oxygens (including phenoxy) is 4. The van der Waals surface area contributed by atoms with Crippen LogP contribution in [0.2, 0.25) is 0 Å². The molecule has 11 nitrogen and oxygen atoms in total. The fourth-order valence-corrected chi connectivity index (χ4v) is 5.05. The quantitative estimate of drug-likeness (QED) is 0.158. The molecule has 1 saturated heterocycles. The second-order valence-corrected chi connectivity index (χ2v) is 11.9. The molecule has 1 fully saturated rings. The van der Waals surface area contributed by atoms with Crippen molar-refractivity contribution in [2.75, 3.05) is 57.1 Å². The number of nitrogens with one attached hydrogen (secondary N) is 3. The van der Waals surface area contributed by atoms with Gasteiger partial charge in [-0.2, -0.15) is 0 Å². The largest absolute Gasteiger partial charge is 0.497 e. The van der Waals surface area contributed by atoms with Crippen LogP contribution in [-0.2, 0) is 9.47 Å². The Labute approximate surface area is 269 Å². The van der Waals surface area contributed by atoms with Crippen molar-refractivity contribution in [2.24, 2.45) is 0 Å². The lowest BCUT2D eigenvalue weighted by Crippen LogP contribution is -2.38. The van der Waals surface area contributed by atoms with Gasteiger partial charge in [0.1, 0.15) is 28.7 Å². The number of nitrogens with zero attached hydrogens (tertiary/aromatic N) is 2. The fourth-order valence-electron chi connectivity index (χ4n) is 5.05. The van der Waals surface area contributed by atoms with Crippen LogP contribution in [0, 0.1) is 0 Å². The zero-order valence-electron chi connectivity index (χ0n) is 26.7. The number of carbonyl (C=O) groups is 2. The van der Waals surface area contributed by atoms with E-state index in [-0.39, 0.29) is 5.91 Å². The maximum Gasteiger partial charge on any atom is 0.412 e. The summed E-state index contributed by atoms with van der Waals surface area (Å²) in [5, 5.41) is 10.7. The molecule has 3 aromatic carbocycles. The fraction of sp³-hybridized carbons (Fsp3) is 0.343. The van der Waals surface area contributed by atoms with Gasteiger partial charge in [-0.05, 0) is 64.1 Å². The zero-order valence-corrected chi connectivity index (χ0v) is 26.7. The number of carbonyl (C=O) groups excluding carboxylic acids is 2. The molecule has 0 saturated carbocycles. The number of benzene rings is 3. The third-order valence-electron chi connectivity index (χ3n) is 7.20. The van der Waals surface area contributed by atoms with Gasteiger partial charge in [0.05, 0.1) is 26.0 Å². The number of fused-ring (bicyclic) bond motifs is 1. The molecule has 1 aromatic heterocycles. The maximum absolute atomic E-state index is 13.0. The van der Waals surface area contributed by atoms with Gasteiger partial charge in [-0.25, -0.2) is 9.78 Å². The third kappa shape index (κ3) is 9.09. The summed E-state index contributed by atoms with van der Waals surface area (Å²) in [6, 6.07) is 20.0. The minimum atomic E-state index is -0.613. The Balaban J connectivity index is 1.26. The first-order valence-electron chi connectivity index (χ1n) is 15.4. The standard InChI is InChI=1S/C35H41N5O6/c1-35(2,3)46-34(42)39-30-10-11-31(29-9-6-5-8-28(29)30)45-26-12-14-36-32(23-26)38-25-20-24(21-27(22-25)43-4)33(41)37-13-7-15-40-16-18-44-19-17-40/h5-6,8-12,14,20-23H,7,13,15-19H2,1-4H3,(H,36,38)(H,37,41)(H,39,42). The molecule has 1 aliphatic heterocycles. The summed E-state index contributed by atoms with van der Waals surface area (Å²) in [5.41, 5.74) is 1.12. The highest BCUT2D eigenvalue weighted by Gasteiger charge is 2.18. The van der Waals surface area contributed by atoms with E-state index in [1.54, 1.807) is 55.8 Å². The molecule has 0 aliphatic carbocycles. The Hall–Kier alpha value is -4.87. The second kappa shape index (κ2) is 14.9. The number of anilines is 3. The van der Waals surface area contributed by atoms with E-state index < -0.39 is 11.7 Å². The van der Waals surface area contributed by atoms with Crippen molar-refractivity contribution in [1.82, 2.24) is 15.2 Å². The highest BCUT2D eigenvalue weighted by atomic mass is 16.6. The summed E-state index contributed by atoms with van der Waals surface area (Å²) in [6.07, 6.45) is 1.97.